The van der Waals surface area contributed by atoms with E-state index in [4.69, 9.17) is 9.47 Å². The van der Waals surface area contributed by atoms with Crippen LogP contribution in [0.3, 0.4) is 0 Å². The number of unbranched alkanes of at least 4 members (excludes halogenated alkanes) is 12. The summed E-state index contributed by atoms with van der Waals surface area (Å²) in [5.41, 5.74) is 0. The Kier molecular flexibility index (Phi) is 30.8. The maximum Gasteiger partial charge on any atom is 0.306 e. The van der Waals surface area contributed by atoms with Gasteiger partial charge in [-0.2, -0.15) is 11.8 Å². The molecule has 1 saturated carbocycles. The minimum atomic E-state index is -0.0552. The van der Waals surface area contributed by atoms with E-state index >= 15 is 0 Å². The molecule has 0 aromatic rings. The number of Topliss-reactive ketones (excluding diaryl/α,β-unsaturated/α-hetero) is 1. The molecule has 288 valence electrons. The van der Waals surface area contributed by atoms with Crippen LogP contribution in [-0.4, -0.2) is 41.4 Å². The molecule has 6 heteroatoms. The number of esters is 2. The Balaban J connectivity index is 2.48. The van der Waals surface area contributed by atoms with Crippen molar-refractivity contribution in [1.29, 1.82) is 0 Å². The van der Waals surface area contributed by atoms with Gasteiger partial charge >= 0.3 is 11.9 Å². The molecule has 3 unspecified atom stereocenters. The number of ketones is 1. The monoisotopic (exact) mass is 709 g/mol. The standard InChI is InChI=1S/C43H80O5S/c1-5-9-13-15-19-27-42(45)47-35-33-37(23-17-11-7-3)29-31-39(44)32-30-38(24-18-12-8-4)34-36-49-41-26-22-21-25-40(41)48-43(46)28-20-16-14-10-6-2/h37-38,40-41H,5-36H2,1-4H3/t37?,38?,40-,41?/m1/s1. The highest BCUT2D eigenvalue weighted by Gasteiger charge is 2.29. The lowest BCUT2D eigenvalue weighted by atomic mass is 9.89. The van der Waals surface area contributed by atoms with Gasteiger partial charge in [-0.15, -0.1) is 0 Å². The van der Waals surface area contributed by atoms with Crippen molar-refractivity contribution in [2.75, 3.05) is 12.4 Å². The molecule has 4 atom stereocenters. The van der Waals surface area contributed by atoms with Crippen molar-refractivity contribution in [3.8, 4) is 0 Å². The van der Waals surface area contributed by atoms with Crippen molar-refractivity contribution in [3.63, 3.8) is 0 Å². The maximum atomic E-state index is 13.1. The molecule has 0 heterocycles. The van der Waals surface area contributed by atoms with Gasteiger partial charge < -0.3 is 9.47 Å². The Morgan fingerprint density at radius 1 is 0.551 bits per heavy atom. The molecule has 5 nitrogen and oxygen atoms in total. The highest BCUT2D eigenvalue weighted by molar-refractivity contribution is 7.99. The SMILES string of the molecule is CCCCCCCC(=O)OCCC(CCCCC)CCC(=O)CCC(CCCCC)CCSC1CCCC[C@H]1OC(=O)CCCCCCC. The molecule has 1 aliphatic rings. The Bertz CT molecular complexity index is 801. The number of hydrogen-bond acceptors (Lipinski definition) is 6. The molecule has 0 aromatic carbocycles. The van der Waals surface area contributed by atoms with Gasteiger partial charge in [-0.25, -0.2) is 0 Å². The predicted octanol–water partition coefficient (Wildman–Crippen LogP) is 13.1. The van der Waals surface area contributed by atoms with Crippen LogP contribution >= 0.6 is 11.8 Å². The van der Waals surface area contributed by atoms with E-state index in [-0.39, 0.29) is 18.0 Å². The second-order valence-corrected chi connectivity index (χ2v) is 16.5. The molecule has 0 radical (unpaired) electrons. The summed E-state index contributed by atoms with van der Waals surface area (Å²) in [5, 5.41) is 0.422. The van der Waals surface area contributed by atoms with Gasteiger partial charge in [-0.05, 0) is 75.4 Å². The normalized spacial score (nSPS) is 17.5. The van der Waals surface area contributed by atoms with Crippen molar-refractivity contribution in [1.82, 2.24) is 0 Å². The van der Waals surface area contributed by atoms with Gasteiger partial charge in [0.05, 0.1) is 6.61 Å². The van der Waals surface area contributed by atoms with Crippen LogP contribution in [0, 0.1) is 11.8 Å². The highest BCUT2D eigenvalue weighted by Crippen LogP contribution is 2.33. The summed E-state index contributed by atoms with van der Waals surface area (Å²) in [6, 6.07) is 0. The summed E-state index contributed by atoms with van der Waals surface area (Å²) >= 11 is 2.03. The van der Waals surface area contributed by atoms with Crippen molar-refractivity contribution >= 4 is 29.5 Å². The van der Waals surface area contributed by atoms with Gasteiger partial charge in [0.25, 0.3) is 0 Å². The van der Waals surface area contributed by atoms with E-state index in [0.717, 1.165) is 82.8 Å². The smallest absolute Gasteiger partial charge is 0.306 e. The lowest BCUT2D eigenvalue weighted by Gasteiger charge is -2.31. The number of carbonyl (C=O) groups excluding carboxylic acids is 3. The van der Waals surface area contributed by atoms with Crippen LogP contribution in [0.15, 0.2) is 0 Å². The second-order valence-electron chi connectivity index (χ2n) is 15.2. The lowest BCUT2D eigenvalue weighted by Crippen LogP contribution is -2.32. The first-order chi connectivity index (χ1) is 23.9. The van der Waals surface area contributed by atoms with Gasteiger partial charge in [0.2, 0.25) is 0 Å². The molecule has 0 saturated heterocycles. The quantitative estimate of drug-likeness (QED) is 0.0489. The zero-order valence-corrected chi connectivity index (χ0v) is 33.7. The molecule has 0 aliphatic heterocycles. The van der Waals surface area contributed by atoms with Crippen molar-refractivity contribution in [2.24, 2.45) is 11.8 Å². The summed E-state index contributed by atoms with van der Waals surface area (Å²) in [4.78, 5) is 37.9. The van der Waals surface area contributed by atoms with Crippen molar-refractivity contribution in [2.45, 2.75) is 232 Å². The van der Waals surface area contributed by atoms with E-state index in [2.05, 4.69) is 27.7 Å². The molecule has 0 spiro atoms. The van der Waals surface area contributed by atoms with Crippen LogP contribution in [-0.2, 0) is 23.9 Å². The van der Waals surface area contributed by atoms with E-state index in [0.29, 0.717) is 55.2 Å². The number of carbonyl (C=O) groups is 3. The fourth-order valence-corrected chi connectivity index (χ4v) is 8.76. The van der Waals surface area contributed by atoms with E-state index in [1.54, 1.807) is 0 Å². The molecular formula is C43H80O5S. The van der Waals surface area contributed by atoms with E-state index < -0.39 is 0 Å². The van der Waals surface area contributed by atoms with Crippen LogP contribution in [0.4, 0.5) is 0 Å². The van der Waals surface area contributed by atoms with Crippen LogP contribution in [0.2, 0.25) is 0 Å². The summed E-state index contributed by atoms with van der Waals surface area (Å²) in [5.74, 6) is 2.51. The fraction of sp³-hybridized carbons (Fsp3) is 0.930. The maximum absolute atomic E-state index is 13.1. The Morgan fingerprint density at radius 3 is 1.65 bits per heavy atom. The van der Waals surface area contributed by atoms with E-state index in [1.807, 2.05) is 11.8 Å². The van der Waals surface area contributed by atoms with Gasteiger partial charge in [0.1, 0.15) is 11.9 Å². The van der Waals surface area contributed by atoms with Gasteiger partial charge in [0, 0.05) is 30.9 Å². The third kappa shape index (κ3) is 26.4. The summed E-state index contributed by atoms with van der Waals surface area (Å²) < 4.78 is 11.6. The average Bonchev–Trinajstić information content (AvgIpc) is 3.09. The van der Waals surface area contributed by atoms with Crippen LogP contribution in [0.1, 0.15) is 220 Å². The van der Waals surface area contributed by atoms with Gasteiger partial charge in [-0.3, -0.25) is 14.4 Å². The molecule has 49 heavy (non-hydrogen) atoms. The molecular weight excluding hydrogens is 629 g/mol. The first kappa shape index (κ1) is 46.0. The Hall–Kier alpha value is -1.04. The van der Waals surface area contributed by atoms with Crippen molar-refractivity contribution < 1.29 is 23.9 Å². The fourth-order valence-electron chi connectivity index (χ4n) is 7.25. The summed E-state index contributed by atoms with van der Waals surface area (Å²) in [7, 11) is 0. The first-order valence-corrected chi connectivity index (χ1v) is 22.5. The number of rotatable bonds is 34. The first-order valence-electron chi connectivity index (χ1n) is 21.4. The van der Waals surface area contributed by atoms with E-state index in [9.17, 15) is 14.4 Å². The molecule has 0 bridgehead atoms. The number of thioether (sulfide) groups is 1. The largest absolute Gasteiger partial charge is 0.466 e. The Morgan fingerprint density at radius 2 is 1.06 bits per heavy atom. The molecule has 1 aliphatic carbocycles. The average molecular weight is 709 g/mol. The van der Waals surface area contributed by atoms with Crippen LogP contribution in [0.25, 0.3) is 0 Å². The van der Waals surface area contributed by atoms with Gasteiger partial charge in [0.15, 0.2) is 0 Å². The molecule has 0 aromatic heterocycles. The minimum Gasteiger partial charge on any atom is -0.466 e. The lowest BCUT2D eigenvalue weighted by molar-refractivity contribution is -0.150. The van der Waals surface area contributed by atoms with Crippen LogP contribution in [0.5, 0.6) is 0 Å². The third-order valence-corrected chi connectivity index (χ3v) is 12.1. The Labute approximate surface area is 308 Å². The zero-order chi connectivity index (χ0) is 35.8. The molecule has 0 amide bonds. The summed E-state index contributed by atoms with van der Waals surface area (Å²) in [6.07, 6.45) is 32.2. The highest BCUT2D eigenvalue weighted by atomic mass is 32.2. The van der Waals surface area contributed by atoms with E-state index in [1.165, 1.54) is 89.9 Å². The minimum absolute atomic E-state index is 0.00624. The van der Waals surface area contributed by atoms with Crippen molar-refractivity contribution in [3.05, 3.63) is 0 Å². The number of ether oxygens (including phenoxy) is 2. The second kappa shape index (κ2) is 32.8. The molecule has 1 rings (SSSR count). The third-order valence-electron chi connectivity index (χ3n) is 10.6. The molecule has 1 fully saturated rings. The number of hydrogen-bond donors (Lipinski definition) is 0. The zero-order valence-electron chi connectivity index (χ0n) is 32.9. The van der Waals surface area contributed by atoms with Gasteiger partial charge in [-0.1, -0.05) is 137 Å². The topological polar surface area (TPSA) is 69.7 Å². The predicted molar refractivity (Wildman–Crippen MR) is 210 cm³/mol. The summed E-state index contributed by atoms with van der Waals surface area (Å²) in [6.45, 7) is 9.41. The molecule has 0 N–H and O–H groups in total. The van der Waals surface area contributed by atoms with Crippen LogP contribution < -0.4 is 0 Å².